The highest BCUT2D eigenvalue weighted by atomic mass is 35.5. The van der Waals surface area contributed by atoms with Gasteiger partial charge in [-0.2, -0.15) is 0 Å². The van der Waals surface area contributed by atoms with Crippen molar-refractivity contribution in [2.24, 2.45) is 11.8 Å². The van der Waals surface area contributed by atoms with Crippen LogP contribution in [0, 0.1) is 18.8 Å². The van der Waals surface area contributed by atoms with Gasteiger partial charge in [0.25, 0.3) is 0 Å². The van der Waals surface area contributed by atoms with Gasteiger partial charge >= 0.3 is 0 Å². The van der Waals surface area contributed by atoms with Gasteiger partial charge in [-0.05, 0) is 49.8 Å². The Labute approximate surface area is 163 Å². The summed E-state index contributed by atoms with van der Waals surface area (Å²) in [4.78, 5) is 27.9. The quantitative estimate of drug-likeness (QED) is 0.687. The molecule has 5 heteroatoms. The van der Waals surface area contributed by atoms with Crippen molar-refractivity contribution in [2.75, 3.05) is 13.2 Å². The Bertz CT molecular complexity index is 785. The zero-order chi connectivity index (χ0) is 18.3. The van der Waals surface area contributed by atoms with Crippen LogP contribution in [0.1, 0.15) is 52.8 Å². The van der Waals surface area contributed by atoms with Crippen molar-refractivity contribution in [3.05, 3.63) is 44.6 Å². The molecular weight excluding hydrogens is 368 g/mol. The molecule has 26 heavy (non-hydrogen) atoms. The summed E-state index contributed by atoms with van der Waals surface area (Å²) in [6.45, 7) is 3.54. The second-order valence-corrected chi connectivity index (χ2v) is 9.34. The fourth-order valence-electron chi connectivity index (χ4n) is 4.35. The third kappa shape index (κ3) is 3.47. The van der Waals surface area contributed by atoms with Crippen LogP contribution < -0.4 is 0 Å². The molecule has 0 radical (unpaired) electrons. The van der Waals surface area contributed by atoms with E-state index in [1.165, 1.54) is 4.88 Å². The van der Waals surface area contributed by atoms with E-state index >= 15 is 0 Å². The molecule has 3 nitrogen and oxygen atoms in total. The van der Waals surface area contributed by atoms with Gasteiger partial charge in [-0.15, -0.1) is 11.3 Å². The average Bonchev–Trinajstić information content (AvgIpc) is 3.31. The van der Waals surface area contributed by atoms with Crippen LogP contribution >= 0.6 is 22.9 Å². The summed E-state index contributed by atoms with van der Waals surface area (Å²) < 4.78 is 5.42. The fourth-order valence-corrected chi connectivity index (χ4v) is 5.67. The summed E-state index contributed by atoms with van der Waals surface area (Å²) in [5, 5.41) is 0.773. The van der Waals surface area contributed by atoms with E-state index in [-0.39, 0.29) is 23.4 Å². The third-order valence-corrected chi connectivity index (χ3v) is 7.28. The zero-order valence-electron chi connectivity index (χ0n) is 14.9. The van der Waals surface area contributed by atoms with Crippen molar-refractivity contribution < 1.29 is 14.3 Å². The molecule has 4 unspecified atom stereocenters. The van der Waals surface area contributed by atoms with Gasteiger partial charge in [-0.3, -0.25) is 9.59 Å². The number of carbonyl (C=O) groups is 2. The smallest absolute Gasteiger partial charge is 0.151 e. The molecule has 1 saturated carbocycles. The lowest BCUT2D eigenvalue weighted by Crippen LogP contribution is -2.18. The van der Waals surface area contributed by atoms with E-state index in [1.807, 2.05) is 19.1 Å². The van der Waals surface area contributed by atoms with E-state index in [0.29, 0.717) is 12.3 Å². The van der Waals surface area contributed by atoms with E-state index in [9.17, 15) is 9.59 Å². The Morgan fingerprint density at radius 2 is 2.19 bits per heavy atom. The number of thiophene rings is 1. The first-order valence-electron chi connectivity index (χ1n) is 9.31. The number of Topliss-reactive ketones (excluding diaryl/α,β-unsaturated/α-hetero) is 2. The summed E-state index contributed by atoms with van der Waals surface area (Å²) in [7, 11) is 0. The Morgan fingerprint density at radius 1 is 1.35 bits per heavy atom. The van der Waals surface area contributed by atoms with Crippen LogP contribution in [0.15, 0.2) is 29.3 Å². The molecule has 0 spiro atoms. The lowest BCUT2D eigenvalue weighted by molar-refractivity contribution is -0.125. The topological polar surface area (TPSA) is 43.4 Å². The number of hydrogen-bond donors (Lipinski definition) is 0. The number of allylic oxidation sites excluding steroid dienone is 4. The Kier molecular flexibility index (Phi) is 5.18. The first-order valence-corrected chi connectivity index (χ1v) is 10.5. The monoisotopic (exact) mass is 390 g/mol. The lowest BCUT2D eigenvalue weighted by Gasteiger charge is -2.13. The molecule has 3 aliphatic rings. The molecule has 0 amide bonds. The minimum absolute atomic E-state index is 0.0912. The predicted octanol–water partition coefficient (Wildman–Crippen LogP) is 4.89. The van der Waals surface area contributed by atoms with Gasteiger partial charge < -0.3 is 4.74 Å². The van der Waals surface area contributed by atoms with Gasteiger partial charge in [-0.1, -0.05) is 23.8 Å². The molecule has 4 atom stereocenters. The maximum atomic E-state index is 13.0. The van der Waals surface area contributed by atoms with Gasteiger partial charge in [0.2, 0.25) is 0 Å². The van der Waals surface area contributed by atoms with Crippen LogP contribution in [0.25, 0.3) is 0 Å². The van der Waals surface area contributed by atoms with Gasteiger partial charge in [0.15, 0.2) is 5.78 Å². The van der Waals surface area contributed by atoms with Crippen LogP contribution in [0.5, 0.6) is 0 Å². The molecule has 1 aliphatic heterocycles. The van der Waals surface area contributed by atoms with Crippen molar-refractivity contribution in [1.29, 1.82) is 0 Å². The average molecular weight is 391 g/mol. The Balaban J connectivity index is 1.52. The maximum absolute atomic E-state index is 13.0. The number of aryl methyl sites for hydroxylation is 1. The Hall–Kier alpha value is -1.23. The van der Waals surface area contributed by atoms with Crippen LogP contribution in [0.4, 0.5) is 0 Å². The normalized spacial score (nSPS) is 31.7. The van der Waals surface area contributed by atoms with Crippen LogP contribution in [0.2, 0.25) is 0 Å². The number of rotatable bonds is 4. The molecule has 2 fully saturated rings. The molecule has 0 bridgehead atoms. The molecule has 1 aromatic heterocycles. The second kappa shape index (κ2) is 7.41. The van der Waals surface area contributed by atoms with Crippen molar-refractivity contribution in [2.45, 2.75) is 44.4 Å². The first kappa shape index (κ1) is 18.1. The number of ketones is 2. The minimum atomic E-state index is -0.556. The van der Waals surface area contributed by atoms with E-state index in [0.717, 1.165) is 47.9 Å². The summed E-state index contributed by atoms with van der Waals surface area (Å²) >= 11 is 7.71. The number of carbonyl (C=O) groups excluding carboxylic acids is 2. The summed E-state index contributed by atoms with van der Waals surface area (Å²) in [5.41, 5.74) is 0.930. The molecule has 138 valence electrons. The Morgan fingerprint density at radius 3 is 2.88 bits per heavy atom. The minimum Gasteiger partial charge on any atom is -0.381 e. The third-order valence-electron chi connectivity index (χ3n) is 5.80. The largest absolute Gasteiger partial charge is 0.381 e. The van der Waals surface area contributed by atoms with E-state index in [4.69, 9.17) is 16.3 Å². The first-order chi connectivity index (χ1) is 12.5. The second-order valence-electron chi connectivity index (χ2n) is 7.62. The highest BCUT2D eigenvalue weighted by Gasteiger charge is 2.44. The predicted molar refractivity (Wildman–Crippen MR) is 104 cm³/mol. The van der Waals surface area contributed by atoms with Crippen LogP contribution in [-0.2, 0) is 14.3 Å². The van der Waals surface area contributed by atoms with Crippen molar-refractivity contribution >= 4 is 34.5 Å². The number of hydrogen-bond acceptors (Lipinski definition) is 4. The van der Waals surface area contributed by atoms with E-state index < -0.39 is 5.92 Å². The molecule has 1 aromatic rings. The summed E-state index contributed by atoms with van der Waals surface area (Å²) in [5.74, 6) is 0.244. The fraction of sp³-hybridized carbons (Fsp3) is 0.524. The zero-order valence-corrected chi connectivity index (χ0v) is 16.4. The lowest BCUT2D eigenvalue weighted by atomic mass is 9.89. The van der Waals surface area contributed by atoms with Crippen molar-refractivity contribution in [3.8, 4) is 0 Å². The van der Waals surface area contributed by atoms with Crippen molar-refractivity contribution in [1.82, 2.24) is 0 Å². The standard InChI is InChI=1S/C21H23ClO3S/c1-12-17(10-19(26-12)14-2-4-16(22)5-3-14)20-18(23)9-15(21(20)24)8-13-6-7-25-11-13/h2,4-5,10,13-15,20H,3,6-9,11H2,1H3. The van der Waals surface area contributed by atoms with Gasteiger partial charge in [0.05, 0.1) is 0 Å². The highest BCUT2D eigenvalue weighted by Crippen LogP contribution is 2.42. The molecule has 4 rings (SSSR count). The van der Waals surface area contributed by atoms with Crippen LogP contribution in [0.3, 0.4) is 0 Å². The van der Waals surface area contributed by atoms with Gasteiger partial charge in [-0.25, -0.2) is 0 Å². The molecule has 0 N–H and O–H groups in total. The van der Waals surface area contributed by atoms with Crippen molar-refractivity contribution in [3.63, 3.8) is 0 Å². The van der Waals surface area contributed by atoms with Gasteiger partial charge in [0.1, 0.15) is 11.7 Å². The van der Waals surface area contributed by atoms with Gasteiger partial charge in [0, 0.05) is 46.3 Å². The molecule has 0 aromatic carbocycles. The van der Waals surface area contributed by atoms with E-state index in [2.05, 4.69) is 12.1 Å². The molecule has 2 aliphatic carbocycles. The molecule has 1 saturated heterocycles. The van der Waals surface area contributed by atoms with E-state index in [1.54, 1.807) is 11.3 Å². The van der Waals surface area contributed by atoms with Crippen LogP contribution in [-0.4, -0.2) is 24.8 Å². The highest BCUT2D eigenvalue weighted by molar-refractivity contribution is 7.12. The maximum Gasteiger partial charge on any atom is 0.151 e. The molecular formula is C21H23ClO3S. The summed E-state index contributed by atoms with van der Waals surface area (Å²) in [6, 6.07) is 2.09. The number of ether oxygens (including phenoxy) is 1. The number of halogens is 1. The molecule has 2 heterocycles. The SMILES string of the molecule is Cc1sc(C2C=CC(Cl)=CC2)cc1C1C(=O)CC(CC2CCOC2)C1=O. The summed E-state index contributed by atoms with van der Waals surface area (Å²) in [6.07, 6.45) is 9.12.